The minimum Gasteiger partial charge on any atom is -0.429 e. The van der Waals surface area contributed by atoms with E-state index in [4.69, 9.17) is 0 Å². The molecule has 0 bridgehead atoms. The van der Waals surface area contributed by atoms with Crippen molar-refractivity contribution in [3.63, 3.8) is 0 Å². The fourth-order valence-electron chi connectivity index (χ4n) is 6.18. The van der Waals surface area contributed by atoms with Crippen molar-refractivity contribution in [3.8, 4) is 16.9 Å². The third-order valence-corrected chi connectivity index (χ3v) is 8.89. The molecular weight excluding hydrogens is 662 g/mol. The Kier molecular flexibility index (Phi) is 11.1. The number of rotatable bonds is 11. The molecule has 0 amide bonds. The first-order chi connectivity index (χ1) is 23.3. The number of ether oxygens (including phenoxy) is 1. The van der Waals surface area contributed by atoms with Gasteiger partial charge in [0, 0.05) is 23.6 Å². The lowest BCUT2D eigenvalue weighted by molar-refractivity contribution is -0.185. The van der Waals surface area contributed by atoms with Crippen molar-refractivity contribution in [3.05, 3.63) is 130 Å². The van der Waals surface area contributed by atoms with Crippen LogP contribution in [0.2, 0.25) is 0 Å². The second kappa shape index (κ2) is 15.1. The summed E-state index contributed by atoms with van der Waals surface area (Å²) in [5, 5.41) is 0. The van der Waals surface area contributed by atoms with Crippen LogP contribution in [0.3, 0.4) is 0 Å². The number of hydrogen-bond donors (Lipinski definition) is 0. The summed E-state index contributed by atoms with van der Waals surface area (Å²) >= 11 is 0. The molecule has 1 aliphatic rings. The summed E-state index contributed by atoms with van der Waals surface area (Å²) in [5.74, 6) is -14.2. The van der Waals surface area contributed by atoms with Crippen molar-refractivity contribution in [2.75, 3.05) is 0 Å². The Morgan fingerprint density at radius 2 is 1.33 bits per heavy atom. The number of aryl methyl sites for hydroxylation is 1. The molecule has 0 aromatic heterocycles. The van der Waals surface area contributed by atoms with Crippen LogP contribution in [0.15, 0.2) is 72.6 Å². The third kappa shape index (κ3) is 8.13. The normalized spacial score (nSPS) is 17.2. The molecule has 0 aliphatic heterocycles. The summed E-state index contributed by atoms with van der Waals surface area (Å²) < 4.78 is 150. The van der Waals surface area contributed by atoms with Crippen LogP contribution in [0.1, 0.15) is 80.0 Å². The van der Waals surface area contributed by atoms with Gasteiger partial charge in [0.25, 0.3) is 0 Å². The minimum atomic E-state index is -3.97. The SMILES string of the molecule is CCCCCc1ccc(C(F)(F)Oc2cc(F)c(/C(F)=C(\F)C3CCC(c4ccc(-c5cc(F)c(F)c(F)c5)c(F)c4)CC3)c(F)c2)cc1. The summed E-state index contributed by atoms with van der Waals surface area (Å²) in [6.45, 7) is 2.04. The summed E-state index contributed by atoms with van der Waals surface area (Å²) in [6, 6.07) is 11.3. The Morgan fingerprint density at radius 1 is 0.714 bits per heavy atom. The number of hydrogen-bond acceptors (Lipinski definition) is 1. The van der Waals surface area contributed by atoms with E-state index in [-0.39, 0.29) is 42.7 Å². The number of allylic oxidation sites excluding steroid dienone is 1. The number of unbranched alkanes of at least 4 members (excludes halogenated alkanes) is 2. The van der Waals surface area contributed by atoms with Gasteiger partial charge < -0.3 is 4.74 Å². The Bertz CT molecular complexity index is 1780. The van der Waals surface area contributed by atoms with Crippen LogP contribution < -0.4 is 4.74 Å². The molecule has 0 heterocycles. The van der Waals surface area contributed by atoms with E-state index in [1.165, 1.54) is 24.3 Å². The van der Waals surface area contributed by atoms with Gasteiger partial charge >= 0.3 is 6.11 Å². The molecule has 5 rings (SSSR count). The van der Waals surface area contributed by atoms with Crippen LogP contribution in [0.4, 0.5) is 43.9 Å². The molecule has 1 fully saturated rings. The Labute approximate surface area is 277 Å². The number of halogens is 10. The maximum atomic E-state index is 15.3. The molecule has 0 spiro atoms. The van der Waals surface area contributed by atoms with Crippen molar-refractivity contribution >= 4 is 5.83 Å². The van der Waals surface area contributed by atoms with Gasteiger partial charge in [0.2, 0.25) is 0 Å². The van der Waals surface area contributed by atoms with Crippen LogP contribution >= 0.6 is 0 Å². The summed E-state index contributed by atoms with van der Waals surface area (Å²) in [7, 11) is 0. The van der Waals surface area contributed by atoms with Gasteiger partial charge in [-0.2, -0.15) is 8.78 Å². The van der Waals surface area contributed by atoms with E-state index in [2.05, 4.69) is 4.74 Å². The maximum absolute atomic E-state index is 15.3. The maximum Gasteiger partial charge on any atom is 0.426 e. The van der Waals surface area contributed by atoms with Gasteiger partial charge in [-0.25, -0.2) is 35.1 Å². The zero-order chi connectivity index (χ0) is 35.5. The third-order valence-electron chi connectivity index (χ3n) is 8.89. The van der Waals surface area contributed by atoms with Gasteiger partial charge in [-0.1, -0.05) is 44.0 Å². The highest BCUT2D eigenvalue weighted by molar-refractivity contribution is 5.65. The first kappa shape index (κ1) is 36.0. The fraction of sp³-hybridized carbons (Fsp3) is 0.316. The lowest BCUT2D eigenvalue weighted by atomic mass is 9.77. The molecule has 4 aromatic rings. The van der Waals surface area contributed by atoms with E-state index in [1.807, 2.05) is 6.92 Å². The van der Waals surface area contributed by atoms with E-state index in [1.54, 1.807) is 0 Å². The average molecular weight is 695 g/mol. The van der Waals surface area contributed by atoms with Crippen molar-refractivity contribution in [2.45, 2.75) is 70.3 Å². The van der Waals surface area contributed by atoms with Crippen LogP contribution in [0.5, 0.6) is 5.75 Å². The van der Waals surface area contributed by atoms with Gasteiger partial charge in [-0.05, 0) is 91.5 Å². The molecule has 0 unspecified atom stereocenters. The second-order valence-corrected chi connectivity index (χ2v) is 12.2. The lowest BCUT2D eigenvalue weighted by Crippen LogP contribution is -2.22. The second-order valence-electron chi connectivity index (χ2n) is 12.2. The zero-order valence-corrected chi connectivity index (χ0v) is 26.4. The van der Waals surface area contributed by atoms with Crippen molar-refractivity contribution in [2.24, 2.45) is 5.92 Å². The van der Waals surface area contributed by atoms with E-state index < -0.39 is 75.5 Å². The van der Waals surface area contributed by atoms with Gasteiger partial charge in [-0.3, -0.25) is 0 Å². The predicted octanol–water partition coefficient (Wildman–Crippen LogP) is 12.6. The molecule has 1 aliphatic carbocycles. The summed E-state index contributed by atoms with van der Waals surface area (Å²) in [5.41, 5.74) is -0.944. The standard InChI is InChI=1S/C38H32F10O/c1-2-3-4-5-21-6-13-26(14-7-21)38(47,48)49-27-19-30(40)34(31(41)20-27)37(46)35(44)23-10-8-22(9-11-23)24-12-15-28(29(39)16-24)25-17-32(42)36(45)33(43)18-25/h6-7,12-20,22-23H,2-5,8-11H2,1H3/b37-35+. The topological polar surface area (TPSA) is 9.23 Å². The van der Waals surface area contributed by atoms with Gasteiger partial charge in [-0.15, -0.1) is 0 Å². The van der Waals surface area contributed by atoms with Crippen molar-refractivity contribution in [1.29, 1.82) is 0 Å². The Morgan fingerprint density at radius 3 is 1.90 bits per heavy atom. The first-order valence-corrected chi connectivity index (χ1v) is 15.9. The first-order valence-electron chi connectivity index (χ1n) is 15.9. The molecule has 260 valence electrons. The lowest BCUT2D eigenvalue weighted by Gasteiger charge is -2.28. The number of alkyl halides is 2. The molecule has 0 atom stereocenters. The van der Waals surface area contributed by atoms with Crippen LogP contribution in [0.25, 0.3) is 17.0 Å². The molecule has 1 saturated carbocycles. The van der Waals surface area contributed by atoms with Crippen LogP contribution in [0, 0.1) is 40.8 Å². The molecule has 0 radical (unpaired) electrons. The van der Waals surface area contributed by atoms with E-state index >= 15 is 8.78 Å². The predicted molar refractivity (Wildman–Crippen MR) is 166 cm³/mol. The molecule has 0 N–H and O–H groups in total. The summed E-state index contributed by atoms with van der Waals surface area (Å²) in [6.07, 6.45) is 0.192. The molecule has 0 saturated heterocycles. The number of benzene rings is 4. The quantitative estimate of drug-likeness (QED) is 0.0863. The zero-order valence-electron chi connectivity index (χ0n) is 26.4. The highest BCUT2D eigenvalue weighted by Gasteiger charge is 2.36. The molecule has 4 aromatic carbocycles. The minimum absolute atomic E-state index is 0.0374. The average Bonchev–Trinajstić information content (AvgIpc) is 3.06. The van der Waals surface area contributed by atoms with Crippen molar-refractivity contribution < 1.29 is 48.6 Å². The summed E-state index contributed by atoms with van der Waals surface area (Å²) in [4.78, 5) is 0. The highest BCUT2D eigenvalue weighted by Crippen LogP contribution is 2.43. The molecule has 11 heteroatoms. The van der Waals surface area contributed by atoms with Gasteiger partial charge in [0.05, 0.1) is 11.1 Å². The highest BCUT2D eigenvalue weighted by atomic mass is 19.3. The Hall–Kier alpha value is -4.28. The van der Waals surface area contributed by atoms with E-state index in [9.17, 15) is 35.1 Å². The van der Waals surface area contributed by atoms with E-state index in [0.717, 1.165) is 43.0 Å². The fourth-order valence-corrected chi connectivity index (χ4v) is 6.18. The van der Waals surface area contributed by atoms with Gasteiger partial charge in [0.1, 0.15) is 29.0 Å². The molecule has 1 nitrogen and oxygen atoms in total. The Balaban J connectivity index is 1.25. The van der Waals surface area contributed by atoms with E-state index in [0.29, 0.717) is 36.2 Å². The largest absolute Gasteiger partial charge is 0.429 e. The van der Waals surface area contributed by atoms with Gasteiger partial charge in [0.15, 0.2) is 23.3 Å². The molecule has 49 heavy (non-hydrogen) atoms. The smallest absolute Gasteiger partial charge is 0.426 e. The monoisotopic (exact) mass is 694 g/mol. The van der Waals surface area contributed by atoms with Crippen LogP contribution in [-0.2, 0) is 12.5 Å². The molecular formula is C38H32F10O. The van der Waals surface area contributed by atoms with Crippen LogP contribution in [-0.4, -0.2) is 0 Å². The van der Waals surface area contributed by atoms with Crippen molar-refractivity contribution in [1.82, 2.24) is 0 Å².